The molecule has 0 aliphatic carbocycles. The molecule has 0 bridgehead atoms. The molecule has 2 amide bonds. The van der Waals surface area contributed by atoms with E-state index in [-0.39, 0.29) is 33.9 Å². The molecular weight excluding hydrogens is 563 g/mol. The lowest BCUT2D eigenvalue weighted by molar-refractivity contribution is -0.113. The number of hydrogen-bond acceptors (Lipinski definition) is 10. The van der Waals surface area contributed by atoms with Crippen molar-refractivity contribution in [1.29, 1.82) is 0 Å². The molecule has 39 heavy (non-hydrogen) atoms. The zero-order valence-corrected chi connectivity index (χ0v) is 23.5. The van der Waals surface area contributed by atoms with Crippen molar-refractivity contribution >= 4 is 61.7 Å². The number of sulfonamides is 1. The van der Waals surface area contributed by atoms with Gasteiger partial charge in [-0.3, -0.25) is 14.9 Å². The Morgan fingerprint density at radius 3 is 2.28 bits per heavy atom. The summed E-state index contributed by atoms with van der Waals surface area (Å²) in [6.07, 6.45) is 2.72. The lowest BCUT2D eigenvalue weighted by atomic mass is 10.2. The van der Waals surface area contributed by atoms with Crippen LogP contribution in [0.15, 0.2) is 57.8 Å². The maximum absolute atomic E-state index is 12.8. The van der Waals surface area contributed by atoms with Gasteiger partial charge in [0.25, 0.3) is 5.91 Å². The van der Waals surface area contributed by atoms with Gasteiger partial charge in [-0.1, -0.05) is 29.5 Å². The number of carbonyl (C=O) groups is 3. The molecule has 2 N–H and O–H groups in total. The van der Waals surface area contributed by atoms with Gasteiger partial charge in [-0.05, 0) is 68.3 Å². The maximum atomic E-state index is 12.8. The van der Waals surface area contributed by atoms with Crippen molar-refractivity contribution < 1.29 is 27.5 Å². The summed E-state index contributed by atoms with van der Waals surface area (Å²) in [4.78, 5) is 36.8. The van der Waals surface area contributed by atoms with E-state index in [4.69, 9.17) is 4.74 Å². The molecule has 1 aliphatic rings. The molecule has 1 saturated heterocycles. The average molecular weight is 590 g/mol. The first-order valence-corrected chi connectivity index (χ1v) is 15.5. The second kappa shape index (κ2) is 13.2. The molecule has 11 nitrogen and oxygen atoms in total. The largest absolute Gasteiger partial charge is 0.462 e. The van der Waals surface area contributed by atoms with Crippen LogP contribution in [0.5, 0.6) is 0 Å². The van der Waals surface area contributed by atoms with Crippen LogP contribution in [0.2, 0.25) is 0 Å². The van der Waals surface area contributed by atoms with Crippen molar-refractivity contribution in [2.75, 3.05) is 36.1 Å². The molecule has 1 aromatic heterocycles. The predicted molar refractivity (Wildman–Crippen MR) is 149 cm³/mol. The summed E-state index contributed by atoms with van der Waals surface area (Å²) in [6.45, 7) is 3.02. The standard InChI is InChI=1S/C25H27N5O6S3/c1-2-36-23(33)18-6-10-19(11-7-18)26-21(31)16-37-25-29-28-24(38-25)27-22(32)17-8-12-20(13-9-17)39(34,35)30-14-4-3-5-15-30/h6-13H,2-5,14-16H2,1H3,(H,26,31)(H,27,28,32). The Balaban J connectivity index is 1.26. The van der Waals surface area contributed by atoms with E-state index in [0.29, 0.717) is 28.7 Å². The number of esters is 1. The van der Waals surface area contributed by atoms with Gasteiger partial charge in [0, 0.05) is 24.3 Å². The van der Waals surface area contributed by atoms with Gasteiger partial charge in [-0.25, -0.2) is 13.2 Å². The Morgan fingerprint density at radius 1 is 0.949 bits per heavy atom. The highest BCUT2D eigenvalue weighted by atomic mass is 32.2. The average Bonchev–Trinajstić information content (AvgIpc) is 3.40. The summed E-state index contributed by atoms with van der Waals surface area (Å²) in [5.41, 5.74) is 1.21. The summed E-state index contributed by atoms with van der Waals surface area (Å²) < 4.78 is 32.5. The molecule has 14 heteroatoms. The number of carbonyl (C=O) groups excluding carboxylic acids is 3. The fraction of sp³-hybridized carbons (Fsp3) is 0.320. The van der Waals surface area contributed by atoms with E-state index in [0.717, 1.165) is 42.4 Å². The molecule has 4 rings (SSSR count). The van der Waals surface area contributed by atoms with Crippen molar-refractivity contribution in [3.63, 3.8) is 0 Å². The normalized spacial score (nSPS) is 14.0. The molecule has 1 fully saturated rings. The number of anilines is 2. The highest BCUT2D eigenvalue weighted by Crippen LogP contribution is 2.26. The number of thioether (sulfide) groups is 1. The fourth-order valence-electron chi connectivity index (χ4n) is 3.75. The zero-order valence-electron chi connectivity index (χ0n) is 21.1. The van der Waals surface area contributed by atoms with E-state index >= 15 is 0 Å². The van der Waals surface area contributed by atoms with Crippen LogP contribution in [0.1, 0.15) is 46.9 Å². The van der Waals surface area contributed by atoms with E-state index in [1.165, 1.54) is 28.6 Å². The minimum absolute atomic E-state index is 0.0646. The maximum Gasteiger partial charge on any atom is 0.338 e. The first kappa shape index (κ1) is 28.7. The lowest BCUT2D eigenvalue weighted by Gasteiger charge is -2.25. The monoisotopic (exact) mass is 589 g/mol. The summed E-state index contributed by atoms with van der Waals surface area (Å²) in [7, 11) is -3.57. The molecule has 2 heterocycles. The highest BCUT2D eigenvalue weighted by molar-refractivity contribution is 8.01. The van der Waals surface area contributed by atoms with Crippen molar-refractivity contribution in [2.24, 2.45) is 0 Å². The summed E-state index contributed by atoms with van der Waals surface area (Å²) in [6, 6.07) is 12.2. The van der Waals surface area contributed by atoms with Crippen LogP contribution >= 0.6 is 23.1 Å². The summed E-state index contributed by atoms with van der Waals surface area (Å²) in [5.74, 6) is -1.09. The number of amides is 2. The number of aromatic nitrogens is 2. The molecule has 0 unspecified atom stereocenters. The van der Waals surface area contributed by atoms with Crippen LogP contribution in [0, 0.1) is 0 Å². The Morgan fingerprint density at radius 2 is 1.62 bits per heavy atom. The molecule has 2 aromatic carbocycles. The van der Waals surface area contributed by atoms with Gasteiger partial charge in [0.15, 0.2) is 4.34 Å². The lowest BCUT2D eigenvalue weighted by Crippen LogP contribution is -2.35. The first-order valence-electron chi connectivity index (χ1n) is 12.2. The Labute approximate surface area is 234 Å². The van der Waals surface area contributed by atoms with Crippen molar-refractivity contribution in [2.45, 2.75) is 35.4 Å². The minimum atomic E-state index is -3.57. The van der Waals surface area contributed by atoms with E-state index in [9.17, 15) is 22.8 Å². The third-order valence-corrected chi connectivity index (χ3v) is 9.59. The second-order valence-corrected chi connectivity index (χ2v) is 12.6. The number of rotatable bonds is 10. The molecule has 0 atom stereocenters. The number of nitrogens with zero attached hydrogens (tertiary/aromatic N) is 3. The van der Waals surface area contributed by atoms with Crippen LogP contribution in [-0.4, -0.2) is 66.2 Å². The topological polar surface area (TPSA) is 148 Å². The van der Waals surface area contributed by atoms with E-state index in [2.05, 4.69) is 20.8 Å². The van der Waals surface area contributed by atoms with Gasteiger partial charge in [0.1, 0.15) is 0 Å². The third kappa shape index (κ3) is 7.62. The number of piperidine rings is 1. The first-order chi connectivity index (χ1) is 18.8. The van der Waals surface area contributed by atoms with Crippen LogP contribution in [-0.2, 0) is 19.6 Å². The van der Waals surface area contributed by atoms with Crippen LogP contribution in [0.4, 0.5) is 10.8 Å². The Hall–Kier alpha value is -3.33. The number of nitrogens with one attached hydrogen (secondary N) is 2. The number of ether oxygens (including phenoxy) is 1. The minimum Gasteiger partial charge on any atom is -0.462 e. The summed E-state index contributed by atoms with van der Waals surface area (Å²) in [5, 5.41) is 13.6. The van der Waals surface area contributed by atoms with Crippen LogP contribution in [0.3, 0.4) is 0 Å². The van der Waals surface area contributed by atoms with Gasteiger partial charge in [0.2, 0.25) is 21.1 Å². The van der Waals surface area contributed by atoms with Gasteiger partial charge in [0.05, 0.1) is 22.8 Å². The van der Waals surface area contributed by atoms with Crippen LogP contribution in [0.25, 0.3) is 0 Å². The van der Waals surface area contributed by atoms with Crippen molar-refractivity contribution in [1.82, 2.24) is 14.5 Å². The molecule has 3 aromatic rings. The van der Waals surface area contributed by atoms with Gasteiger partial charge < -0.3 is 10.1 Å². The Kier molecular flexibility index (Phi) is 9.67. The van der Waals surface area contributed by atoms with Crippen LogP contribution < -0.4 is 10.6 Å². The fourth-order valence-corrected chi connectivity index (χ4v) is 6.81. The van der Waals surface area contributed by atoms with Gasteiger partial charge >= 0.3 is 5.97 Å². The third-order valence-electron chi connectivity index (χ3n) is 5.70. The molecular formula is C25H27N5O6S3. The smallest absolute Gasteiger partial charge is 0.338 e. The highest BCUT2D eigenvalue weighted by Gasteiger charge is 2.26. The van der Waals surface area contributed by atoms with Crippen molar-refractivity contribution in [3.8, 4) is 0 Å². The SMILES string of the molecule is CCOC(=O)c1ccc(NC(=O)CSc2nnc(NC(=O)c3ccc(S(=O)(=O)N4CCCCC4)cc3)s2)cc1. The van der Waals surface area contributed by atoms with Gasteiger partial charge in [-0.15, -0.1) is 10.2 Å². The van der Waals surface area contributed by atoms with E-state index in [1.807, 2.05) is 0 Å². The second-order valence-electron chi connectivity index (χ2n) is 8.45. The molecule has 0 radical (unpaired) electrons. The molecule has 0 saturated carbocycles. The van der Waals surface area contributed by atoms with Gasteiger partial charge in [-0.2, -0.15) is 4.31 Å². The number of hydrogen-bond donors (Lipinski definition) is 2. The molecule has 1 aliphatic heterocycles. The van der Waals surface area contributed by atoms with E-state index < -0.39 is 21.9 Å². The number of benzene rings is 2. The molecule has 206 valence electrons. The Bertz CT molecular complexity index is 1420. The summed E-state index contributed by atoms with van der Waals surface area (Å²) >= 11 is 2.28. The molecule has 0 spiro atoms. The zero-order chi connectivity index (χ0) is 27.8. The predicted octanol–water partition coefficient (Wildman–Crippen LogP) is 3.87. The van der Waals surface area contributed by atoms with Crippen molar-refractivity contribution in [3.05, 3.63) is 59.7 Å². The quantitative estimate of drug-likeness (QED) is 0.204. The van der Waals surface area contributed by atoms with E-state index in [1.54, 1.807) is 31.2 Å².